The zero-order valence-electron chi connectivity index (χ0n) is 14.6. The molecule has 0 aliphatic heterocycles. The Morgan fingerprint density at radius 3 is 2.69 bits per heavy atom. The van der Waals surface area contributed by atoms with Gasteiger partial charge in [-0.1, -0.05) is 30.3 Å². The molecular weight excluding hydrogens is 346 g/mol. The van der Waals surface area contributed by atoms with E-state index in [-0.39, 0.29) is 11.7 Å². The van der Waals surface area contributed by atoms with Crippen LogP contribution in [0.5, 0.6) is 0 Å². The summed E-state index contributed by atoms with van der Waals surface area (Å²) in [6, 6.07) is 14.8. The molecule has 2 N–H and O–H groups in total. The molecule has 1 heterocycles. The van der Waals surface area contributed by atoms with Crippen molar-refractivity contribution in [2.45, 2.75) is 18.7 Å². The number of carbonyl (C=O) groups is 2. The molecule has 0 aliphatic carbocycles. The Morgan fingerprint density at radius 2 is 1.85 bits per heavy atom. The molecule has 132 valence electrons. The van der Waals surface area contributed by atoms with Crippen LogP contribution in [-0.2, 0) is 4.79 Å². The maximum Gasteiger partial charge on any atom is 0.325 e. The SMILES string of the molecule is Cc1cccc(NC(=O)NC(=O)CSc2ccnc3ccccc23)c1C. The Balaban J connectivity index is 1.58. The van der Waals surface area contributed by atoms with Crippen LogP contribution in [0.25, 0.3) is 10.9 Å². The van der Waals surface area contributed by atoms with Crippen LogP contribution in [0.4, 0.5) is 10.5 Å². The summed E-state index contributed by atoms with van der Waals surface area (Å²) in [6.45, 7) is 3.90. The number of urea groups is 1. The summed E-state index contributed by atoms with van der Waals surface area (Å²) in [7, 11) is 0. The highest BCUT2D eigenvalue weighted by molar-refractivity contribution is 8.00. The van der Waals surface area contributed by atoms with E-state index in [1.54, 1.807) is 6.20 Å². The van der Waals surface area contributed by atoms with Gasteiger partial charge in [0.2, 0.25) is 5.91 Å². The fourth-order valence-corrected chi connectivity index (χ4v) is 3.39. The Labute approximate surface area is 156 Å². The number of hydrogen-bond acceptors (Lipinski definition) is 4. The molecule has 1 aromatic heterocycles. The number of carbonyl (C=O) groups excluding carboxylic acids is 2. The molecule has 3 amide bonds. The number of thioether (sulfide) groups is 1. The van der Waals surface area contributed by atoms with E-state index in [0.717, 1.165) is 26.9 Å². The Bertz CT molecular complexity index is 967. The Kier molecular flexibility index (Phi) is 5.53. The van der Waals surface area contributed by atoms with Crippen molar-refractivity contribution < 1.29 is 9.59 Å². The molecule has 0 aliphatic rings. The first-order valence-electron chi connectivity index (χ1n) is 8.18. The number of hydrogen-bond donors (Lipinski definition) is 2. The molecular formula is C20H19N3O2S. The van der Waals surface area contributed by atoms with Crippen LogP contribution in [0.15, 0.2) is 59.6 Å². The first kappa shape index (κ1) is 17.9. The van der Waals surface area contributed by atoms with Gasteiger partial charge in [-0.2, -0.15) is 0 Å². The first-order chi connectivity index (χ1) is 12.5. The number of amides is 3. The molecule has 0 fully saturated rings. The summed E-state index contributed by atoms with van der Waals surface area (Å²) in [5.74, 6) is -0.201. The number of rotatable bonds is 4. The van der Waals surface area contributed by atoms with Crippen LogP contribution in [0.1, 0.15) is 11.1 Å². The highest BCUT2D eigenvalue weighted by Gasteiger charge is 2.11. The van der Waals surface area contributed by atoms with Crippen molar-refractivity contribution in [2.24, 2.45) is 0 Å². The van der Waals surface area contributed by atoms with Crippen molar-refractivity contribution in [3.63, 3.8) is 0 Å². The highest BCUT2D eigenvalue weighted by atomic mass is 32.2. The molecule has 3 aromatic rings. The maximum absolute atomic E-state index is 12.1. The molecule has 0 bridgehead atoms. The van der Waals surface area contributed by atoms with Crippen molar-refractivity contribution >= 4 is 40.3 Å². The van der Waals surface area contributed by atoms with E-state index < -0.39 is 6.03 Å². The van der Waals surface area contributed by atoms with Crippen molar-refractivity contribution in [1.82, 2.24) is 10.3 Å². The number of nitrogens with one attached hydrogen (secondary N) is 2. The third-order valence-electron chi connectivity index (χ3n) is 4.07. The number of benzene rings is 2. The number of pyridine rings is 1. The smallest absolute Gasteiger partial charge is 0.307 e. The third kappa shape index (κ3) is 4.21. The minimum atomic E-state index is -0.524. The van der Waals surface area contributed by atoms with E-state index in [1.165, 1.54) is 11.8 Å². The van der Waals surface area contributed by atoms with Crippen LogP contribution in [-0.4, -0.2) is 22.7 Å². The molecule has 2 aromatic carbocycles. The zero-order chi connectivity index (χ0) is 18.5. The average Bonchev–Trinajstić information content (AvgIpc) is 2.63. The van der Waals surface area contributed by atoms with E-state index in [4.69, 9.17) is 0 Å². The number of anilines is 1. The summed E-state index contributed by atoms with van der Waals surface area (Å²) in [4.78, 5) is 29.4. The number of imide groups is 1. The third-order valence-corrected chi connectivity index (χ3v) is 5.15. The normalized spacial score (nSPS) is 10.5. The van der Waals surface area contributed by atoms with E-state index >= 15 is 0 Å². The van der Waals surface area contributed by atoms with Gasteiger partial charge in [0.25, 0.3) is 0 Å². The minimum Gasteiger partial charge on any atom is -0.307 e. The number of aromatic nitrogens is 1. The molecule has 5 nitrogen and oxygen atoms in total. The minimum absolute atomic E-state index is 0.147. The van der Waals surface area contributed by atoms with Crippen molar-refractivity contribution in [3.8, 4) is 0 Å². The van der Waals surface area contributed by atoms with Crippen LogP contribution < -0.4 is 10.6 Å². The number of nitrogens with zero attached hydrogens (tertiary/aromatic N) is 1. The van der Waals surface area contributed by atoms with Gasteiger partial charge in [0.15, 0.2) is 0 Å². The second-order valence-electron chi connectivity index (χ2n) is 5.86. The molecule has 0 atom stereocenters. The van der Waals surface area contributed by atoms with Crippen molar-refractivity contribution in [2.75, 3.05) is 11.1 Å². The van der Waals surface area contributed by atoms with Crippen LogP contribution >= 0.6 is 11.8 Å². The molecule has 6 heteroatoms. The van der Waals surface area contributed by atoms with Gasteiger partial charge in [0.1, 0.15) is 0 Å². The van der Waals surface area contributed by atoms with Gasteiger partial charge >= 0.3 is 6.03 Å². The molecule has 0 saturated carbocycles. The topological polar surface area (TPSA) is 71.1 Å². The molecule has 3 rings (SSSR count). The van der Waals surface area contributed by atoms with Gasteiger partial charge in [0.05, 0.1) is 11.3 Å². The molecule has 0 saturated heterocycles. The van der Waals surface area contributed by atoms with E-state index in [1.807, 2.05) is 62.4 Å². The van der Waals surface area contributed by atoms with Gasteiger partial charge in [0, 0.05) is 22.2 Å². The van der Waals surface area contributed by atoms with Gasteiger partial charge in [-0.15, -0.1) is 11.8 Å². The average molecular weight is 365 g/mol. The quantitative estimate of drug-likeness (QED) is 0.677. The summed E-state index contributed by atoms with van der Waals surface area (Å²) in [5, 5.41) is 6.08. The van der Waals surface area contributed by atoms with Crippen LogP contribution in [0, 0.1) is 13.8 Å². The largest absolute Gasteiger partial charge is 0.325 e. The monoisotopic (exact) mass is 365 g/mol. The van der Waals surface area contributed by atoms with Crippen LogP contribution in [0.2, 0.25) is 0 Å². The lowest BCUT2D eigenvalue weighted by molar-refractivity contribution is -0.117. The van der Waals surface area contributed by atoms with E-state index in [0.29, 0.717) is 5.69 Å². The first-order valence-corrected chi connectivity index (χ1v) is 9.17. The predicted octanol–water partition coefficient (Wildman–Crippen LogP) is 4.29. The standard InChI is InChI=1S/C20H19N3O2S/c1-13-6-5-9-16(14(13)2)22-20(25)23-19(24)12-26-18-10-11-21-17-8-4-3-7-15(17)18/h3-11H,12H2,1-2H3,(H2,22,23,24,25). The summed E-state index contributed by atoms with van der Waals surface area (Å²) in [5.41, 5.74) is 3.63. The molecule has 0 radical (unpaired) electrons. The maximum atomic E-state index is 12.1. The number of para-hydroxylation sites is 1. The van der Waals surface area contributed by atoms with Crippen molar-refractivity contribution in [1.29, 1.82) is 0 Å². The van der Waals surface area contributed by atoms with Gasteiger partial charge < -0.3 is 5.32 Å². The predicted molar refractivity (Wildman–Crippen MR) is 106 cm³/mol. The lowest BCUT2D eigenvalue weighted by Gasteiger charge is -2.11. The van der Waals surface area contributed by atoms with E-state index in [2.05, 4.69) is 15.6 Å². The second kappa shape index (κ2) is 8.01. The summed E-state index contributed by atoms with van der Waals surface area (Å²) < 4.78 is 0. The molecule has 0 unspecified atom stereocenters. The lowest BCUT2D eigenvalue weighted by atomic mass is 10.1. The van der Waals surface area contributed by atoms with Gasteiger partial charge in [-0.25, -0.2) is 4.79 Å². The Morgan fingerprint density at radius 1 is 1.04 bits per heavy atom. The number of aryl methyl sites for hydroxylation is 1. The van der Waals surface area contributed by atoms with Gasteiger partial charge in [-0.05, 0) is 43.2 Å². The zero-order valence-corrected chi connectivity index (χ0v) is 15.4. The fourth-order valence-electron chi connectivity index (χ4n) is 2.54. The fraction of sp³-hybridized carbons (Fsp3) is 0.150. The lowest BCUT2D eigenvalue weighted by Crippen LogP contribution is -2.35. The van der Waals surface area contributed by atoms with E-state index in [9.17, 15) is 9.59 Å². The summed E-state index contributed by atoms with van der Waals surface area (Å²) >= 11 is 1.38. The van der Waals surface area contributed by atoms with Gasteiger partial charge in [-0.3, -0.25) is 15.1 Å². The van der Waals surface area contributed by atoms with Crippen molar-refractivity contribution in [3.05, 3.63) is 65.9 Å². The van der Waals surface area contributed by atoms with Crippen LogP contribution in [0.3, 0.4) is 0 Å². The second-order valence-corrected chi connectivity index (χ2v) is 6.88. The summed E-state index contributed by atoms with van der Waals surface area (Å²) in [6.07, 6.45) is 1.72. The highest BCUT2D eigenvalue weighted by Crippen LogP contribution is 2.26. The Hall–Kier alpha value is -2.86. The number of fused-ring (bicyclic) bond motifs is 1. The molecule has 0 spiro atoms. The molecule has 26 heavy (non-hydrogen) atoms.